The van der Waals surface area contributed by atoms with Gasteiger partial charge in [0.25, 0.3) is 5.56 Å². The van der Waals surface area contributed by atoms with E-state index in [0.29, 0.717) is 18.2 Å². The van der Waals surface area contributed by atoms with Crippen molar-refractivity contribution in [1.82, 2.24) is 23.6 Å². The maximum Gasteiger partial charge on any atom is 0.332 e. The van der Waals surface area contributed by atoms with Crippen LogP contribution in [0.1, 0.15) is 38.1 Å². The number of imidazole rings is 1. The van der Waals surface area contributed by atoms with Crippen LogP contribution in [-0.2, 0) is 14.1 Å². The average Bonchev–Trinajstić information content (AvgIpc) is 3.22. The Kier molecular flexibility index (Phi) is 4.04. The van der Waals surface area contributed by atoms with Crippen LogP contribution in [0.15, 0.2) is 15.9 Å². The van der Waals surface area contributed by atoms with Crippen LogP contribution in [0.5, 0.6) is 0 Å². The highest BCUT2D eigenvalue weighted by molar-refractivity contribution is 5.70. The molecule has 0 aromatic carbocycles. The summed E-state index contributed by atoms with van der Waals surface area (Å²) >= 11 is 0. The number of aliphatic hydroxyl groups excluding tert-OH is 1. The number of hydrogen-bond acceptors (Lipinski definition) is 5. The molecule has 8 nitrogen and oxygen atoms in total. The molecule has 1 aliphatic carbocycles. The van der Waals surface area contributed by atoms with Crippen LogP contribution < -0.4 is 11.2 Å². The van der Waals surface area contributed by atoms with E-state index < -0.39 is 11.7 Å². The van der Waals surface area contributed by atoms with Crippen LogP contribution in [0.3, 0.4) is 0 Å². The molecule has 0 amide bonds. The summed E-state index contributed by atoms with van der Waals surface area (Å²) in [6.45, 7) is 1.36. The first-order chi connectivity index (χ1) is 12.0. The van der Waals surface area contributed by atoms with Gasteiger partial charge in [-0.1, -0.05) is 19.3 Å². The van der Waals surface area contributed by atoms with E-state index >= 15 is 0 Å². The third-order valence-corrected chi connectivity index (χ3v) is 5.90. The Balaban J connectivity index is 1.73. The minimum Gasteiger partial charge on any atom is -0.390 e. The fourth-order valence-electron chi connectivity index (χ4n) is 4.46. The molecule has 4 rings (SSSR count). The average molecular weight is 347 g/mol. The second kappa shape index (κ2) is 6.10. The number of fused-ring (bicyclic) bond motifs is 1. The van der Waals surface area contributed by atoms with Gasteiger partial charge in [0.15, 0.2) is 5.52 Å². The van der Waals surface area contributed by atoms with E-state index in [2.05, 4.69) is 9.88 Å². The van der Waals surface area contributed by atoms with Crippen molar-refractivity contribution in [3.8, 4) is 0 Å². The lowest BCUT2D eigenvalue weighted by Crippen LogP contribution is -2.38. The molecule has 2 aliphatic rings. The van der Waals surface area contributed by atoms with Gasteiger partial charge in [-0.2, -0.15) is 0 Å². The monoisotopic (exact) mass is 347 g/mol. The predicted molar refractivity (Wildman–Crippen MR) is 93.7 cm³/mol. The summed E-state index contributed by atoms with van der Waals surface area (Å²) in [5.41, 5.74) is -0.0140. The summed E-state index contributed by atoms with van der Waals surface area (Å²) in [4.78, 5) is 31.2. The van der Waals surface area contributed by atoms with Crippen molar-refractivity contribution in [1.29, 1.82) is 0 Å². The Morgan fingerprint density at radius 1 is 1.08 bits per heavy atom. The zero-order valence-electron chi connectivity index (χ0n) is 14.8. The van der Waals surface area contributed by atoms with Gasteiger partial charge < -0.3 is 9.67 Å². The Labute approximate surface area is 145 Å². The molecule has 1 saturated carbocycles. The quantitative estimate of drug-likeness (QED) is 0.825. The number of aromatic nitrogens is 4. The molecule has 2 atom stereocenters. The lowest BCUT2D eigenvalue weighted by molar-refractivity contribution is 0.131. The van der Waals surface area contributed by atoms with E-state index in [4.69, 9.17) is 0 Å². The first-order valence-electron chi connectivity index (χ1n) is 9.03. The van der Waals surface area contributed by atoms with E-state index in [9.17, 15) is 14.7 Å². The second-order valence-corrected chi connectivity index (χ2v) is 7.41. The molecule has 0 spiro atoms. The molecular formula is C17H25N5O3. The highest BCUT2D eigenvalue weighted by Gasteiger charge is 2.37. The Bertz CT molecular complexity index is 905. The molecule has 3 heterocycles. The van der Waals surface area contributed by atoms with Crippen LogP contribution >= 0.6 is 0 Å². The summed E-state index contributed by atoms with van der Waals surface area (Å²) in [5, 5.41) is 10.6. The molecule has 0 bridgehead atoms. The van der Waals surface area contributed by atoms with E-state index in [0.717, 1.165) is 11.1 Å². The summed E-state index contributed by atoms with van der Waals surface area (Å²) in [5.74, 6) is 0. The van der Waals surface area contributed by atoms with Crippen molar-refractivity contribution >= 4 is 11.2 Å². The number of aryl methyl sites for hydroxylation is 1. The molecule has 1 aliphatic heterocycles. The van der Waals surface area contributed by atoms with Crippen molar-refractivity contribution < 1.29 is 5.11 Å². The van der Waals surface area contributed by atoms with Crippen molar-refractivity contribution in [3.63, 3.8) is 0 Å². The number of aliphatic hydroxyl groups is 1. The van der Waals surface area contributed by atoms with Gasteiger partial charge in [0, 0.05) is 33.2 Å². The van der Waals surface area contributed by atoms with Gasteiger partial charge in [0.1, 0.15) is 5.65 Å². The molecule has 25 heavy (non-hydrogen) atoms. The molecule has 2 fully saturated rings. The zero-order chi connectivity index (χ0) is 17.7. The lowest BCUT2D eigenvalue weighted by atomic mass is 9.94. The third kappa shape index (κ3) is 2.55. The number of β-amino-alcohol motifs (C(OH)–C–C–N with tert-alkyl or cyclic N) is 1. The third-order valence-electron chi connectivity index (χ3n) is 5.90. The van der Waals surface area contributed by atoms with Crippen molar-refractivity contribution in [2.24, 2.45) is 14.1 Å². The van der Waals surface area contributed by atoms with Gasteiger partial charge in [-0.15, -0.1) is 0 Å². The molecule has 2 aromatic heterocycles. The van der Waals surface area contributed by atoms with Gasteiger partial charge in [-0.25, -0.2) is 9.78 Å². The lowest BCUT2D eigenvalue weighted by Gasteiger charge is -2.30. The standard InChI is InChI=1S/C17H25N5O3/c1-19-15-14(16(24)20(2)17(19)25)18-10-22(15)12-8-21(9-13(12)23)11-6-4-3-5-7-11/h10-13,23H,3-9H2,1-2H3/t12-,13-/m1/s1. The minimum atomic E-state index is -0.529. The predicted octanol–water partition coefficient (Wildman–Crippen LogP) is -0.0160. The van der Waals surface area contributed by atoms with Gasteiger partial charge in [-0.05, 0) is 12.8 Å². The van der Waals surface area contributed by atoms with Crippen LogP contribution in [0.2, 0.25) is 0 Å². The first kappa shape index (κ1) is 16.5. The fraction of sp³-hybridized carbons (Fsp3) is 0.706. The van der Waals surface area contributed by atoms with Gasteiger partial charge in [-0.3, -0.25) is 18.8 Å². The molecular weight excluding hydrogens is 322 g/mol. The molecule has 1 saturated heterocycles. The Morgan fingerprint density at radius 2 is 1.80 bits per heavy atom. The van der Waals surface area contributed by atoms with Crippen molar-refractivity contribution in [3.05, 3.63) is 27.2 Å². The molecule has 8 heteroatoms. The molecule has 0 unspecified atom stereocenters. The summed E-state index contributed by atoms with van der Waals surface area (Å²) in [7, 11) is 3.10. The fourth-order valence-corrected chi connectivity index (χ4v) is 4.46. The smallest absolute Gasteiger partial charge is 0.332 e. The summed E-state index contributed by atoms with van der Waals surface area (Å²) in [6.07, 6.45) is 7.23. The van der Waals surface area contributed by atoms with Gasteiger partial charge >= 0.3 is 5.69 Å². The Morgan fingerprint density at radius 3 is 2.52 bits per heavy atom. The van der Waals surface area contributed by atoms with Crippen LogP contribution in [-0.4, -0.2) is 53.9 Å². The maximum absolute atomic E-state index is 12.3. The van der Waals surface area contributed by atoms with Crippen molar-refractivity contribution in [2.75, 3.05) is 13.1 Å². The van der Waals surface area contributed by atoms with Gasteiger partial charge in [0.05, 0.1) is 18.5 Å². The zero-order valence-corrected chi connectivity index (χ0v) is 14.8. The number of rotatable bonds is 2. The normalized spacial score (nSPS) is 25.9. The van der Waals surface area contributed by atoms with Crippen LogP contribution in [0.25, 0.3) is 11.2 Å². The molecule has 0 radical (unpaired) electrons. The largest absolute Gasteiger partial charge is 0.390 e. The van der Waals surface area contributed by atoms with Crippen LogP contribution in [0.4, 0.5) is 0 Å². The second-order valence-electron chi connectivity index (χ2n) is 7.41. The first-order valence-corrected chi connectivity index (χ1v) is 9.03. The molecule has 1 N–H and O–H groups in total. The van der Waals surface area contributed by atoms with Crippen molar-refractivity contribution in [2.45, 2.75) is 50.3 Å². The van der Waals surface area contributed by atoms with E-state index in [1.54, 1.807) is 13.4 Å². The highest BCUT2D eigenvalue weighted by Crippen LogP contribution is 2.31. The topological polar surface area (TPSA) is 85.3 Å². The minimum absolute atomic E-state index is 0.190. The van der Waals surface area contributed by atoms with Gasteiger partial charge in [0.2, 0.25) is 0 Å². The maximum atomic E-state index is 12.3. The van der Waals surface area contributed by atoms with E-state index in [1.807, 2.05) is 4.57 Å². The summed E-state index contributed by atoms with van der Waals surface area (Å²) in [6, 6.07) is 0.338. The Hall–Kier alpha value is -1.93. The highest BCUT2D eigenvalue weighted by atomic mass is 16.3. The number of nitrogens with zero attached hydrogens (tertiary/aromatic N) is 5. The SMILES string of the molecule is Cn1c(=O)c2ncn([C@@H]3CN(C4CCCCC4)C[C@H]3O)c2n(C)c1=O. The summed E-state index contributed by atoms with van der Waals surface area (Å²) < 4.78 is 4.32. The van der Waals surface area contributed by atoms with Crippen LogP contribution in [0, 0.1) is 0 Å². The number of likely N-dealkylation sites (tertiary alicyclic amines) is 1. The molecule has 2 aromatic rings. The number of hydrogen-bond donors (Lipinski definition) is 1. The van der Waals surface area contributed by atoms with E-state index in [-0.39, 0.29) is 17.2 Å². The van der Waals surface area contributed by atoms with E-state index in [1.165, 1.54) is 43.7 Å². The molecule has 136 valence electrons.